The van der Waals surface area contributed by atoms with Crippen LogP contribution in [-0.4, -0.2) is 88.1 Å². The molecule has 0 spiro atoms. The summed E-state index contributed by atoms with van der Waals surface area (Å²) in [6.07, 6.45) is 10.5. The maximum atomic E-state index is 14.3. The van der Waals surface area contributed by atoms with Crippen LogP contribution in [0.2, 0.25) is 0 Å². The van der Waals surface area contributed by atoms with Crippen LogP contribution in [0.1, 0.15) is 45.8 Å². The molecule has 0 bridgehead atoms. The molecule has 5 rings (SSSR count). The first kappa shape index (κ1) is 31.9. The lowest BCUT2D eigenvalue weighted by Gasteiger charge is -2.23. The zero-order valence-electron chi connectivity index (χ0n) is 25.1. The van der Waals surface area contributed by atoms with E-state index < -0.39 is 39.0 Å². The lowest BCUT2D eigenvalue weighted by Crippen LogP contribution is -2.37. The number of hydrogen-bond donors (Lipinski definition) is 3. The van der Waals surface area contributed by atoms with Gasteiger partial charge in [0.05, 0.1) is 32.3 Å². The Balaban J connectivity index is 1.35. The van der Waals surface area contributed by atoms with Crippen molar-refractivity contribution in [1.29, 1.82) is 0 Å². The van der Waals surface area contributed by atoms with E-state index in [4.69, 9.17) is 0 Å². The number of amides is 2. The van der Waals surface area contributed by atoms with E-state index in [0.29, 0.717) is 41.9 Å². The van der Waals surface area contributed by atoms with Gasteiger partial charge in [-0.25, -0.2) is 4.21 Å². The summed E-state index contributed by atoms with van der Waals surface area (Å²) in [5.41, 5.74) is 3.19. The minimum Gasteiger partial charge on any atom is -0.480 e. The normalized spacial score (nSPS) is 20.9. The number of nitrogens with zero attached hydrogens (tertiary/aromatic N) is 5. The van der Waals surface area contributed by atoms with Gasteiger partial charge in [-0.05, 0) is 49.6 Å². The van der Waals surface area contributed by atoms with Crippen molar-refractivity contribution < 1.29 is 28.8 Å². The Morgan fingerprint density at radius 1 is 1.13 bits per heavy atom. The van der Waals surface area contributed by atoms with Gasteiger partial charge in [-0.3, -0.25) is 28.9 Å². The number of hydrogen-bond acceptors (Lipinski definition) is 8. The maximum Gasteiger partial charge on any atom is 0.321 e. The van der Waals surface area contributed by atoms with Crippen molar-refractivity contribution in [1.82, 2.24) is 19.7 Å². The van der Waals surface area contributed by atoms with E-state index in [1.807, 2.05) is 25.1 Å². The Morgan fingerprint density at radius 2 is 1.96 bits per heavy atom. The van der Waals surface area contributed by atoms with Crippen molar-refractivity contribution in [3.05, 3.63) is 90.0 Å². The van der Waals surface area contributed by atoms with Crippen LogP contribution in [0.3, 0.4) is 0 Å². The Labute approximate surface area is 261 Å². The van der Waals surface area contributed by atoms with E-state index in [9.17, 15) is 28.8 Å². The molecule has 3 heterocycles. The second-order valence-electron chi connectivity index (χ2n) is 11.3. The summed E-state index contributed by atoms with van der Waals surface area (Å²) in [6, 6.07) is 9.66. The summed E-state index contributed by atoms with van der Waals surface area (Å²) in [4.78, 5) is 43.8. The van der Waals surface area contributed by atoms with Gasteiger partial charge < -0.3 is 15.5 Å². The third-order valence-corrected chi connectivity index (χ3v) is 10.5. The van der Waals surface area contributed by atoms with E-state index in [1.165, 1.54) is 10.9 Å². The van der Waals surface area contributed by atoms with E-state index in [1.54, 1.807) is 60.6 Å². The standard InChI is InChI=1S/C32H36N6O6S/c1-21-14-28(37(2)35-21)31(41)34-25-9-6-8-22(16-25)23-15-24(19-33-18-23)30(40)36-45(44,27-10-4-3-5-11-27)13-7-12-38-20-26(39)17-29(38)32(42)43/h3-6,8-10,14-16,18-19,26-27,29,39H,7,11-13,17,20H2,1-2H3,(H,34,41)(H,42,43)/t26-,27?,29?,45+/m1/s1. The lowest BCUT2D eigenvalue weighted by atomic mass is 10.1. The summed E-state index contributed by atoms with van der Waals surface area (Å²) in [6.45, 7) is 2.35. The smallest absolute Gasteiger partial charge is 0.321 e. The number of benzene rings is 1. The number of rotatable bonds is 10. The molecule has 13 heteroatoms. The largest absolute Gasteiger partial charge is 0.480 e. The quantitative estimate of drug-likeness (QED) is 0.303. The van der Waals surface area contributed by atoms with Gasteiger partial charge in [-0.15, -0.1) is 0 Å². The van der Waals surface area contributed by atoms with Gasteiger partial charge >= 0.3 is 5.97 Å². The molecule has 1 fully saturated rings. The average Bonchev–Trinajstić information content (AvgIpc) is 3.58. The number of carboxylic acids is 1. The number of anilines is 1. The molecular formula is C32H36N6O6S. The number of aromatic nitrogens is 3. The number of likely N-dealkylation sites (tertiary alicyclic amines) is 1. The molecule has 3 aromatic rings. The monoisotopic (exact) mass is 632 g/mol. The number of aliphatic hydroxyl groups excluding tert-OH is 1. The molecule has 1 saturated heterocycles. The van der Waals surface area contributed by atoms with Gasteiger partial charge in [0, 0.05) is 56.0 Å². The highest BCUT2D eigenvalue weighted by atomic mass is 32.2. The van der Waals surface area contributed by atoms with Crippen molar-refractivity contribution in [3.8, 4) is 11.1 Å². The summed E-state index contributed by atoms with van der Waals surface area (Å²) < 4.78 is 20.1. The third-order valence-electron chi connectivity index (χ3n) is 7.87. The van der Waals surface area contributed by atoms with Gasteiger partial charge in [-0.1, -0.05) is 36.4 Å². The van der Waals surface area contributed by atoms with E-state index in [-0.39, 0.29) is 30.2 Å². The number of carboxylic acid groups (broad SMARTS) is 1. The van der Waals surface area contributed by atoms with Crippen LogP contribution in [0.25, 0.3) is 11.1 Å². The summed E-state index contributed by atoms with van der Waals surface area (Å²) >= 11 is 0. The molecule has 2 aliphatic rings. The molecule has 236 valence electrons. The number of pyridine rings is 1. The molecule has 1 aliphatic carbocycles. The van der Waals surface area contributed by atoms with Gasteiger partial charge in [0.2, 0.25) is 0 Å². The third kappa shape index (κ3) is 7.62. The maximum absolute atomic E-state index is 14.3. The van der Waals surface area contributed by atoms with Crippen molar-refractivity contribution in [3.63, 3.8) is 0 Å². The van der Waals surface area contributed by atoms with Crippen LogP contribution in [0.5, 0.6) is 0 Å². The van der Waals surface area contributed by atoms with Crippen molar-refractivity contribution >= 4 is 33.2 Å². The number of aliphatic hydroxyl groups is 1. The number of allylic oxidation sites excluding steroid dienone is 3. The number of aryl methyl sites for hydroxylation is 2. The molecule has 12 nitrogen and oxygen atoms in total. The Bertz CT molecular complexity index is 1790. The van der Waals surface area contributed by atoms with Crippen molar-refractivity contribution in [2.24, 2.45) is 11.4 Å². The summed E-state index contributed by atoms with van der Waals surface area (Å²) in [5.74, 6) is -1.88. The second kappa shape index (κ2) is 13.7. The minimum absolute atomic E-state index is 0.0889. The van der Waals surface area contributed by atoms with Crippen LogP contribution in [-0.2, 0) is 21.6 Å². The number of nitrogens with one attached hydrogen (secondary N) is 1. The minimum atomic E-state index is -3.09. The number of carbonyl (C=O) groups is 3. The molecular weight excluding hydrogens is 596 g/mol. The Morgan fingerprint density at radius 3 is 2.67 bits per heavy atom. The van der Waals surface area contributed by atoms with Crippen LogP contribution in [0.15, 0.2) is 77.5 Å². The molecule has 4 atom stereocenters. The Kier molecular flexibility index (Phi) is 9.71. The number of β-amino-alcohol motifs (C(OH)–C–C–N with tert-alkyl or cyclic N) is 1. The van der Waals surface area contributed by atoms with Gasteiger partial charge in [0.15, 0.2) is 0 Å². The summed E-state index contributed by atoms with van der Waals surface area (Å²) in [7, 11) is -1.39. The number of aliphatic carboxylic acids is 1. The predicted molar refractivity (Wildman–Crippen MR) is 170 cm³/mol. The first-order chi connectivity index (χ1) is 21.5. The van der Waals surface area contributed by atoms with Crippen molar-refractivity contribution in [2.75, 3.05) is 24.2 Å². The fourth-order valence-corrected chi connectivity index (χ4v) is 7.86. The fourth-order valence-electron chi connectivity index (χ4n) is 5.66. The Hall–Kier alpha value is -4.46. The number of carbonyl (C=O) groups excluding carboxylic acids is 2. The molecule has 0 radical (unpaired) electrons. The van der Waals surface area contributed by atoms with Gasteiger partial charge in [-0.2, -0.15) is 9.46 Å². The highest BCUT2D eigenvalue weighted by Gasteiger charge is 2.36. The lowest BCUT2D eigenvalue weighted by molar-refractivity contribution is -0.142. The molecule has 0 saturated carbocycles. The van der Waals surface area contributed by atoms with Crippen LogP contribution in [0, 0.1) is 6.92 Å². The highest BCUT2D eigenvalue weighted by Crippen LogP contribution is 2.25. The molecule has 3 N–H and O–H groups in total. The fraction of sp³-hybridized carbons (Fsp3) is 0.344. The zero-order valence-corrected chi connectivity index (χ0v) is 25.9. The predicted octanol–water partition coefficient (Wildman–Crippen LogP) is 3.45. The molecule has 1 aromatic carbocycles. The molecule has 2 aromatic heterocycles. The average molecular weight is 633 g/mol. The zero-order chi connectivity index (χ0) is 32.1. The van der Waals surface area contributed by atoms with E-state index in [0.717, 1.165) is 5.69 Å². The molecule has 1 aliphatic heterocycles. The SMILES string of the molecule is Cc1cc(C(=O)Nc2cccc(-c3cncc(C(=O)N=[S@](=O)(CCCN4C[C@H](O)CC4C(=O)O)C4C=CC=CC4)c3)c2)n(C)n1. The molecule has 2 unspecified atom stereocenters. The van der Waals surface area contributed by atoms with Crippen LogP contribution >= 0.6 is 0 Å². The van der Waals surface area contributed by atoms with Gasteiger partial charge in [0.1, 0.15) is 11.7 Å². The summed E-state index contributed by atoms with van der Waals surface area (Å²) in [5, 5.41) is 26.1. The van der Waals surface area contributed by atoms with Gasteiger partial charge in [0.25, 0.3) is 11.8 Å². The van der Waals surface area contributed by atoms with E-state index >= 15 is 0 Å². The molecule has 2 amide bonds. The first-order valence-electron chi connectivity index (χ1n) is 14.7. The molecule has 45 heavy (non-hydrogen) atoms. The topological polar surface area (TPSA) is 167 Å². The van der Waals surface area contributed by atoms with E-state index in [2.05, 4.69) is 19.8 Å². The first-order valence-corrected chi connectivity index (χ1v) is 16.4. The van der Waals surface area contributed by atoms with Crippen molar-refractivity contribution in [2.45, 2.75) is 43.6 Å². The highest BCUT2D eigenvalue weighted by molar-refractivity contribution is 7.94. The second-order valence-corrected chi connectivity index (χ2v) is 13.8. The van der Waals surface area contributed by atoms with Crippen LogP contribution < -0.4 is 5.32 Å². The van der Waals surface area contributed by atoms with Crippen LogP contribution in [0.4, 0.5) is 5.69 Å².